The molecule has 0 aliphatic carbocycles. The Morgan fingerprint density at radius 3 is 2.18 bits per heavy atom. The van der Waals surface area contributed by atoms with Crippen molar-refractivity contribution in [3.63, 3.8) is 0 Å². The Balaban J connectivity index is 2.07. The number of nitrogens with one attached hydrogen (secondary N) is 1. The Kier molecular flexibility index (Phi) is 9.76. The zero-order valence-corrected chi connectivity index (χ0v) is 23.4. The number of anilines is 1. The van der Waals surface area contributed by atoms with E-state index in [-0.39, 0.29) is 23.5 Å². The third-order valence-corrected chi connectivity index (χ3v) is 8.37. The summed E-state index contributed by atoms with van der Waals surface area (Å²) in [4.78, 5) is 27.7. The fraction of sp³-hybridized carbons (Fsp3) is 0.259. The molecular formula is C27H28Cl2FN3O4S. The third kappa shape index (κ3) is 6.83. The number of rotatable bonds is 10. The van der Waals surface area contributed by atoms with Crippen molar-refractivity contribution in [2.45, 2.75) is 37.8 Å². The molecule has 0 spiro atoms. The van der Waals surface area contributed by atoms with E-state index in [9.17, 15) is 22.4 Å². The molecular weight excluding hydrogens is 552 g/mol. The smallest absolute Gasteiger partial charge is 0.264 e. The van der Waals surface area contributed by atoms with Crippen LogP contribution in [0.15, 0.2) is 71.6 Å². The molecule has 38 heavy (non-hydrogen) atoms. The van der Waals surface area contributed by atoms with Crippen molar-refractivity contribution in [1.82, 2.24) is 10.2 Å². The van der Waals surface area contributed by atoms with Gasteiger partial charge >= 0.3 is 0 Å². The number of halogens is 3. The first kappa shape index (κ1) is 29.4. The van der Waals surface area contributed by atoms with Gasteiger partial charge in [0.25, 0.3) is 10.0 Å². The van der Waals surface area contributed by atoms with E-state index in [0.717, 1.165) is 34.1 Å². The Labute approximate surface area is 232 Å². The number of benzene rings is 3. The Morgan fingerprint density at radius 2 is 1.63 bits per heavy atom. The second-order valence-corrected chi connectivity index (χ2v) is 11.3. The third-order valence-electron chi connectivity index (χ3n) is 5.99. The highest BCUT2D eigenvalue weighted by atomic mass is 35.5. The molecule has 0 radical (unpaired) electrons. The van der Waals surface area contributed by atoms with Gasteiger partial charge in [0.2, 0.25) is 11.8 Å². The van der Waals surface area contributed by atoms with Crippen molar-refractivity contribution in [1.29, 1.82) is 0 Å². The molecule has 7 nitrogen and oxygen atoms in total. The highest BCUT2D eigenvalue weighted by Crippen LogP contribution is 2.27. The molecule has 1 atom stereocenters. The summed E-state index contributed by atoms with van der Waals surface area (Å²) >= 11 is 12.4. The summed E-state index contributed by atoms with van der Waals surface area (Å²) in [6, 6.07) is 14.9. The van der Waals surface area contributed by atoms with E-state index in [1.54, 1.807) is 43.3 Å². The maximum absolute atomic E-state index is 13.8. The Hall–Kier alpha value is -3.14. The van der Waals surface area contributed by atoms with Crippen LogP contribution in [-0.2, 0) is 26.2 Å². The van der Waals surface area contributed by atoms with E-state index < -0.39 is 40.2 Å². The van der Waals surface area contributed by atoms with Crippen LogP contribution in [0.3, 0.4) is 0 Å². The van der Waals surface area contributed by atoms with Crippen LogP contribution in [0.5, 0.6) is 0 Å². The molecule has 0 heterocycles. The summed E-state index contributed by atoms with van der Waals surface area (Å²) in [5, 5.41) is 3.27. The number of hydrogen-bond donors (Lipinski definition) is 1. The number of sulfonamides is 1. The van der Waals surface area contributed by atoms with Crippen LogP contribution in [-0.4, -0.2) is 44.8 Å². The topological polar surface area (TPSA) is 86.8 Å². The van der Waals surface area contributed by atoms with E-state index in [1.165, 1.54) is 18.0 Å². The largest absolute Gasteiger partial charge is 0.357 e. The van der Waals surface area contributed by atoms with Crippen LogP contribution in [0.25, 0.3) is 0 Å². The number of nitrogens with zero attached hydrogens (tertiary/aromatic N) is 2. The van der Waals surface area contributed by atoms with Crippen LogP contribution in [0.4, 0.5) is 10.1 Å². The maximum Gasteiger partial charge on any atom is 0.264 e. The van der Waals surface area contributed by atoms with Crippen molar-refractivity contribution < 1.29 is 22.4 Å². The van der Waals surface area contributed by atoms with Crippen molar-refractivity contribution in [3.8, 4) is 0 Å². The second-order valence-electron chi connectivity index (χ2n) is 8.60. The monoisotopic (exact) mass is 579 g/mol. The number of carbonyl (C=O) groups is 2. The standard InChI is InChI=1S/C27H28Cl2FN3O4S/c1-4-25(27(35)31-3)32(16-19-7-8-20(28)15-24(19)29)26(34)17-33(22-11-5-18(2)6-12-22)38(36,37)23-13-9-21(30)10-14-23/h5-15,25H,4,16-17H2,1-3H3,(H,31,35)/t25-/m1/s1. The molecule has 0 aromatic heterocycles. The van der Waals surface area contributed by atoms with Crippen LogP contribution >= 0.6 is 23.2 Å². The van der Waals surface area contributed by atoms with E-state index in [4.69, 9.17) is 23.2 Å². The van der Waals surface area contributed by atoms with E-state index in [0.29, 0.717) is 15.6 Å². The minimum absolute atomic E-state index is 0.0565. The highest BCUT2D eigenvalue weighted by molar-refractivity contribution is 7.92. The Morgan fingerprint density at radius 1 is 1.00 bits per heavy atom. The molecule has 3 aromatic carbocycles. The first-order valence-electron chi connectivity index (χ1n) is 11.8. The van der Waals surface area contributed by atoms with Crippen LogP contribution in [0.1, 0.15) is 24.5 Å². The lowest BCUT2D eigenvalue weighted by Crippen LogP contribution is -2.51. The van der Waals surface area contributed by atoms with Gasteiger partial charge in [-0.1, -0.05) is 53.9 Å². The van der Waals surface area contributed by atoms with Gasteiger partial charge in [-0.2, -0.15) is 0 Å². The van der Waals surface area contributed by atoms with Gasteiger partial charge in [-0.15, -0.1) is 0 Å². The zero-order valence-electron chi connectivity index (χ0n) is 21.1. The van der Waals surface area contributed by atoms with Gasteiger partial charge in [0.15, 0.2) is 0 Å². The van der Waals surface area contributed by atoms with Gasteiger partial charge in [0.1, 0.15) is 18.4 Å². The molecule has 202 valence electrons. The lowest BCUT2D eigenvalue weighted by molar-refractivity contribution is -0.140. The minimum atomic E-state index is -4.28. The summed E-state index contributed by atoms with van der Waals surface area (Å²) in [5.74, 6) is -1.63. The molecule has 0 saturated heterocycles. The molecule has 0 fully saturated rings. The summed E-state index contributed by atoms with van der Waals surface area (Å²) in [5.41, 5.74) is 1.67. The molecule has 0 aliphatic heterocycles. The van der Waals surface area contributed by atoms with E-state index >= 15 is 0 Å². The molecule has 2 amide bonds. The van der Waals surface area contributed by atoms with Gasteiger partial charge in [-0.05, 0) is 67.4 Å². The molecule has 3 aromatic rings. The average Bonchev–Trinajstić information content (AvgIpc) is 2.88. The van der Waals surface area contributed by atoms with Crippen molar-refractivity contribution in [3.05, 3.63) is 93.7 Å². The number of aryl methyl sites for hydroxylation is 1. The predicted octanol–water partition coefficient (Wildman–Crippen LogP) is 5.19. The fourth-order valence-electron chi connectivity index (χ4n) is 3.89. The van der Waals surface area contributed by atoms with Gasteiger partial charge in [0.05, 0.1) is 10.6 Å². The van der Waals surface area contributed by atoms with Gasteiger partial charge < -0.3 is 10.2 Å². The SMILES string of the molecule is CC[C@H](C(=O)NC)N(Cc1ccc(Cl)cc1Cl)C(=O)CN(c1ccc(C)cc1)S(=O)(=O)c1ccc(F)cc1. The first-order valence-corrected chi connectivity index (χ1v) is 14.0. The molecule has 0 unspecified atom stereocenters. The molecule has 1 N–H and O–H groups in total. The number of hydrogen-bond acceptors (Lipinski definition) is 4. The predicted molar refractivity (Wildman–Crippen MR) is 147 cm³/mol. The first-order chi connectivity index (χ1) is 18.0. The Bertz CT molecular complexity index is 1400. The lowest BCUT2D eigenvalue weighted by atomic mass is 10.1. The average molecular weight is 581 g/mol. The van der Waals surface area contributed by atoms with Gasteiger partial charge in [0, 0.05) is 23.6 Å². The van der Waals surface area contributed by atoms with Crippen molar-refractivity contribution in [2.75, 3.05) is 17.9 Å². The van der Waals surface area contributed by atoms with Gasteiger partial charge in [-0.25, -0.2) is 12.8 Å². The number of carbonyl (C=O) groups excluding carboxylic acids is 2. The normalized spacial score (nSPS) is 12.1. The summed E-state index contributed by atoms with van der Waals surface area (Å²) in [6.07, 6.45) is 0.270. The van der Waals surface area contributed by atoms with E-state index in [1.807, 2.05) is 6.92 Å². The van der Waals surface area contributed by atoms with E-state index in [2.05, 4.69) is 5.32 Å². The van der Waals surface area contributed by atoms with Crippen LogP contribution < -0.4 is 9.62 Å². The fourth-order valence-corrected chi connectivity index (χ4v) is 5.78. The van der Waals surface area contributed by atoms with Gasteiger partial charge in [-0.3, -0.25) is 13.9 Å². The molecule has 0 bridgehead atoms. The molecule has 0 saturated carbocycles. The number of likely N-dealkylation sites (N-methyl/N-ethyl adjacent to an activating group) is 1. The lowest BCUT2D eigenvalue weighted by Gasteiger charge is -2.33. The summed E-state index contributed by atoms with van der Waals surface area (Å²) in [6.45, 7) is 2.93. The summed E-state index contributed by atoms with van der Waals surface area (Å²) in [7, 11) is -2.82. The number of amides is 2. The minimum Gasteiger partial charge on any atom is -0.357 e. The van der Waals surface area contributed by atoms with Crippen molar-refractivity contribution in [2.24, 2.45) is 0 Å². The molecule has 0 aliphatic rings. The highest BCUT2D eigenvalue weighted by Gasteiger charge is 2.33. The van der Waals surface area contributed by atoms with Crippen LogP contribution in [0.2, 0.25) is 10.0 Å². The summed E-state index contributed by atoms with van der Waals surface area (Å²) < 4.78 is 41.9. The molecule has 3 rings (SSSR count). The van der Waals surface area contributed by atoms with Crippen molar-refractivity contribution >= 4 is 50.7 Å². The molecule has 11 heteroatoms. The second kappa shape index (κ2) is 12.6. The zero-order chi connectivity index (χ0) is 28.0. The quantitative estimate of drug-likeness (QED) is 0.358. The van der Waals surface area contributed by atoms with Crippen LogP contribution in [0, 0.1) is 12.7 Å². The maximum atomic E-state index is 13.8.